The Balaban J connectivity index is 1.75. The Kier molecular flexibility index (Phi) is 5.34. The van der Waals surface area contributed by atoms with E-state index in [9.17, 15) is 13.6 Å². The number of nitrogens with zero attached hydrogens (tertiary/aromatic N) is 2. The smallest absolute Gasteiger partial charge is 0.356 e. The molecule has 0 atom stereocenters. The van der Waals surface area contributed by atoms with Crippen molar-refractivity contribution in [1.29, 1.82) is 5.26 Å². The molecular weight excluding hydrogens is 358 g/mol. The van der Waals surface area contributed by atoms with Crippen molar-refractivity contribution in [1.82, 2.24) is 3.97 Å². The minimum absolute atomic E-state index is 0.124. The average molecular weight is 370 g/mol. The zero-order chi connectivity index (χ0) is 18.5. The maximum Gasteiger partial charge on any atom is 0.356 e. The zero-order valence-electron chi connectivity index (χ0n) is 13.4. The molecule has 0 aliphatic carbocycles. The number of benzene rings is 2. The van der Waals surface area contributed by atoms with E-state index in [1.807, 2.05) is 30.3 Å². The van der Waals surface area contributed by atoms with Gasteiger partial charge in [0.1, 0.15) is 18.4 Å². The zero-order valence-corrected chi connectivity index (χ0v) is 14.2. The molecule has 7 heteroatoms. The minimum atomic E-state index is -1.19. The second-order valence-corrected chi connectivity index (χ2v) is 6.30. The molecule has 0 radical (unpaired) electrons. The largest absolute Gasteiger partial charge is 0.456 e. The number of aromatic nitrogens is 1. The number of ether oxygens (including phenoxy) is 1. The molecule has 26 heavy (non-hydrogen) atoms. The summed E-state index contributed by atoms with van der Waals surface area (Å²) in [5.41, 5.74) is 0.702. The van der Waals surface area contributed by atoms with Gasteiger partial charge < -0.3 is 4.74 Å². The summed E-state index contributed by atoms with van der Waals surface area (Å²) in [7, 11) is 0. The molecule has 0 aliphatic heterocycles. The summed E-state index contributed by atoms with van der Waals surface area (Å²) in [5, 5.41) is 8.87. The first-order valence-electron chi connectivity index (χ1n) is 7.54. The quantitative estimate of drug-likeness (QED) is 0.618. The number of hydrogen-bond donors (Lipinski definition) is 0. The van der Waals surface area contributed by atoms with E-state index < -0.39 is 23.2 Å². The highest BCUT2D eigenvalue weighted by Gasteiger charge is 2.16. The van der Waals surface area contributed by atoms with Crippen LogP contribution in [0.3, 0.4) is 0 Å². The van der Waals surface area contributed by atoms with Crippen LogP contribution in [0.2, 0.25) is 0 Å². The first-order chi connectivity index (χ1) is 12.6. The fourth-order valence-corrected chi connectivity index (χ4v) is 3.13. The lowest BCUT2D eigenvalue weighted by molar-refractivity contribution is 0.0465. The molecule has 0 bridgehead atoms. The molecule has 3 rings (SSSR count). The third-order valence-corrected chi connectivity index (χ3v) is 4.42. The van der Waals surface area contributed by atoms with Gasteiger partial charge in [0.05, 0.1) is 5.56 Å². The number of carbonyl (C=O) groups is 1. The number of hydrogen-bond acceptors (Lipinski definition) is 4. The second-order valence-electron chi connectivity index (χ2n) is 5.25. The van der Waals surface area contributed by atoms with Crippen molar-refractivity contribution in [3.63, 3.8) is 0 Å². The van der Waals surface area contributed by atoms with Crippen LogP contribution in [0.15, 0.2) is 65.7 Å². The molecule has 0 amide bonds. The molecule has 2 aromatic carbocycles. The molecule has 1 aromatic heterocycles. The summed E-state index contributed by atoms with van der Waals surface area (Å²) in [5.74, 6) is -2.85. The van der Waals surface area contributed by atoms with Crippen molar-refractivity contribution in [2.45, 2.75) is 11.5 Å². The monoisotopic (exact) mass is 370 g/mol. The fourth-order valence-electron chi connectivity index (χ4n) is 2.21. The molecule has 4 nitrogen and oxygen atoms in total. The van der Waals surface area contributed by atoms with Crippen molar-refractivity contribution in [2.24, 2.45) is 0 Å². The lowest BCUT2D eigenvalue weighted by atomic mass is 10.2. The van der Waals surface area contributed by atoms with E-state index in [1.165, 1.54) is 10.0 Å². The van der Waals surface area contributed by atoms with Crippen molar-refractivity contribution >= 4 is 17.9 Å². The number of nitriles is 1. The Labute approximate surface area is 152 Å². The number of rotatable bonds is 5. The van der Waals surface area contributed by atoms with Crippen LogP contribution in [0.4, 0.5) is 8.78 Å². The van der Waals surface area contributed by atoms with Crippen LogP contribution in [-0.2, 0) is 11.3 Å². The topological polar surface area (TPSA) is 55.0 Å². The number of carbonyl (C=O) groups excluding carboxylic acids is 1. The average Bonchev–Trinajstić information content (AvgIpc) is 3.11. The number of esters is 1. The minimum Gasteiger partial charge on any atom is -0.456 e. The van der Waals surface area contributed by atoms with E-state index in [0.29, 0.717) is 0 Å². The number of halogens is 2. The van der Waals surface area contributed by atoms with Crippen LogP contribution < -0.4 is 0 Å². The van der Waals surface area contributed by atoms with Crippen LogP contribution in [0.25, 0.3) is 0 Å². The first kappa shape index (κ1) is 17.7. The maximum atomic E-state index is 13.6. The van der Waals surface area contributed by atoms with Crippen LogP contribution in [0.5, 0.6) is 0 Å². The lowest BCUT2D eigenvalue weighted by Gasteiger charge is -2.09. The molecule has 0 unspecified atom stereocenters. The van der Waals surface area contributed by atoms with Gasteiger partial charge in [-0.05, 0) is 41.8 Å². The SMILES string of the molecule is N#Cc1cc(Sn2cccc2C(=O)OCc2ccccc2)cc(F)c1F. The van der Waals surface area contributed by atoms with E-state index in [0.717, 1.165) is 23.6 Å². The molecular formula is C19H12F2N2O2S. The molecule has 0 fully saturated rings. The van der Waals surface area contributed by atoms with Gasteiger partial charge in [-0.3, -0.25) is 3.97 Å². The van der Waals surface area contributed by atoms with Gasteiger partial charge in [-0.1, -0.05) is 30.3 Å². The van der Waals surface area contributed by atoms with Crippen LogP contribution in [0.1, 0.15) is 21.6 Å². The Morgan fingerprint density at radius 2 is 1.92 bits per heavy atom. The highest BCUT2D eigenvalue weighted by Crippen LogP contribution is 2.26. The van der Waals surface area contributed by atoms with Gasteiger partial charge in [0.2, 0.25) is 0 Å². The molecule has 0 saturated carbocycles. The summed E-state index contributed by atoms with van der Waals surface area (Å²) in [6, 6.07) is 16.2. The Bertz CT molecular complexity index is 981. The molecule has 0 spiro atoms. The van der Waals surface area contributed by atoms with Crippen molar-refractivity contribution < 1.29 is 18.3 Å². The Hall–Kier alpha value is -3.11. The van der Waals surface area contributed by atoms with Gasteiger partial charge in [0, 0.05) is 11.1 Å². The van der Waals surface area contributed by atoms with E-state index in [4.69, 9.17) is 10.00 Å². The predicted octanol–water partition coefficient (Wildman–Crippen LogP) is 4.55. The first-order valence-corrected chi connectivity index (χ1v) is 8.31. The van der Waals surface area contributed by atoms with Crippen molar-refractivity contribution in [3.8, 4) is 6.07 Å². The van der Waals surface area contributed by atoms with Gasteiger partial charge in [-0.15, -0.1) is 0 Å². The van der Waals surface area contributed by atoms with Crippen LogP contribution >= 0.6 is 11.9 Å². The third kappa shape index (κ3) is 3.92. The van der Waals surface area contributed by atoms with E-state index in [2.05, 4.69) is 0 Å². The normalized spacial score (nSPS) is 10.3. The van der Waals surface area contributed by atoms with Crippen LogP contribution in [0, 0.1) is 23.0 Å². The van der Waals surface area contributed by atoms with E-state index in [-0.39, 0.29) is 17.2 Å². The highest BCUT2D eigenvalue weighted by atomic mass is 32.2. The van der Waals surface area contributed by atoms with Gasteiger partial charge in [-0.25, -0.2) is 13.6 Å². The predicted molar refractivity (Wildman–Crippen MR) is 92.3 cm³/mol. The second kappa shape index (κ2) is 7.85. The van der Waals surface area contributed by atoms with Crippen LogP contribution in [-0.4, -0.2) is 9.94 Å². The maximum absolute atomic E-state index is 13.6. The summed E-state index contributed by atoms with van der Waals surface area (Å²) in [4.78, 5) is 12.6. The Morgan fingerprint density at radius 1 is 1.15 bits per heavy atom. The van der Waals surface area contributed by atoms with Gasteiger partial charge >= 0.3 is 5.97 Å². The lowest BCUT2D eigenvalue weighted by Crippen LogP contribution is -2.09. The van der Waals surface area contributed by atoms with E-state index in [1.54, 1.807) is 24.4 Å². The molecule has 3 aromatic rings. The van der Waals surface area contributed by atoms with Crippen molar-refractivity contribution in [3.05, 3.63) is 89.2 Å². The summed E-state index contributed by atoms with van der Waals surface area (Å²) < 4.78 is 33.8. The summed E-state index contributed by atoms with van der Waals surface area (Å²) >= 11 is 0.981. The standard InChI is InChI=1S/C19H12F2N2O2S/c20-16-10-15(9-14(11-22)18(16)21)26-23-8-4-7-17(23)19(24)25-12-13-5-2-1-3-6-13/h1-10H,12H2. The Morgan fingerprint density at radius 3 is 2.65 bits per heavy atom. The molecule has 130 valence electrons. The fraction of sp³-hybridized carbons (Fsp3) is 0.0526. The molecule has 0 aliphatic rings. The summed E-state index contributed by atoms with van der Waals surface area (Å²) in [6.45, 7) is 0.124. The van der Waals surface area contributed by atoms with Gasteiger partial charge in [0.15, 0.2) is 11.6 Å². The molecule has 0 saturated heterocycles. The van der Waals surface area contributed by atoms with Gasteiger partial charge in [-0.2, -0.15) is 5.26 Å². The van der Waals surface area contributed by atoms with E-state index >= 15 is 0 Å². The van der Waals surface area contributed by atoms with Crippen molar-refractivity contribution in [2.75, 3.05) is 0 Å². The third-order valence-electron chi connectivity index (χ3n) is 3.46. The molecule has 0 N–H and O–H groups in total. The summed E-state index contributed by atoms with van der Waals surface area (Å²) in [6.07, 6.45) is 1.59. The van der Waals surface area contributed by atoms with Gasteiger partial charge in [0.25, 0.3) is 0 Å². The highest BCUT2D eigenvalue weighted by molar-refractivity contribution is 7.97. The molecule has 1 heterocycles.